The molecule has 1 aromatic carbocycles. The van der Waals surface area contributed by atoms with Crippen molar-refractivity contribution in [3.05, 3.63) is 52.8 Å². The zero-order valence-electron chi connectivity index (χ0n) is 20.0. The van der Waals surface area contributed by atoms with Crippen molar-refractivity contribution in [2.75, 3.05) is 25.1 Å². The fourth-order valence-electron chi connectivity index (χ4n) is 5.10. The molecule has 1 aliphatic carbocycles. The van der Waals surface area contributed by atoms with Gasteiger partial charge in [-0.3, -0.25) is 0 Å². The van der Waals surface area contributed by atoms with Crippen LogP contribution < -0.4 is 14.4 Å². The Morgan fingerprint density at radius 1 is 1.18 bits per heavy atom. The second kappa shape index (κ2) is 8.82. The van der Waals surface area contributed by atoms with Crippen molar-refractivity contribution in [2.24, 2.45) is 5.41 Å². The van der Waals surface area contributed by atoms with Crippen LogP contribution in [0.2, 0.25) is 5.15 Å². The molecule has 1 aliphatic heterocycles. The molecule has 0 radical (unpaired) electrons. The number of nitrogens with zero attached hydrogens (tertiary/aromatic N) is 4. The molecule has 1 spiro atoms. The summed E-state index contributed by atoms with van der Waals surface area (Å²) in [6.07, 6.45) is 4.64. The highest BCUT2D eigenvalue weighted by Gasteiger charge is 2.50. The molecule has 5 rings (SSSR count). The molecule has 0 amide bonds. The standard InChI is InChI=1S/C25H30ClN5O2S/c1-24(2,3)34(32)30-22-18-6-5-17(33-4)13-16(18)14-25(22)9-11-31(12-10-25)21-15-27-23-19(28-21)7-8-20(26)29-23/h5-8,13,15,22,30H,9-12,14H2,1-4H3/t22-,34?/m1/s1. The van der Waals surface area contributed by atoms with E-state index in [4.69, 9.17) is 21.3 Å². The number of hydrogen-bond donors (Lipinski definition) is 1. The lowest BCUT2D eigenvalue weighted by atomic mass is 9.73. The van der Waals surface area contributed by atoms with Crippen molar-refractivity contribution in [3.8, 4) is 5.75 Å². The Labute approximate surface area is 208 Å². The third-order valence-corrected chi connectivity index (χ3v) is 8.81. The molecule has 34 heavy (non-hydrogen) atoms. The van der Waals surface area contributed by atoms with Crippen LogP contribution in [0.3, 0.4) is 0 Å². The van der Waals surface area contributed by atoms with Gasteiger partial charge in [0.25, 0.3) is 0 Å². The van der Waals surface area contributed by atoms with Gasteiger partial charge >= 0.3 is 0 Å². The maximum absolute atomic E-state index is 13.1. The third-order valence-electron chi connectivity index (χ3n) is 7.04. The fourth-order valence-corrected chi connectivity index (χ4v) is 6.19. The largest absolute Gasteiger partial charge is 0.598 e. The van der Waals surface area contributed by atoms with Gasteiger partial charge in [-0.05, 0) is 75.4 Å². The smallest absolute Gasteiger partial charge is 0.179 e. The van der Waals surface area contributed by atoms with E-state index in [1.807, 2.05) is 32.9 Å². The summed E-state index contributed by atoms with van der Waals surface area (Å²) in [5.74, 6) is 1.72. The molecule has 0 bridgehead atoms. The minimum absolute atomic E-state index is 0.00847. The van der Waals surface area contributed by atoms with Gasteiger partial charge in [0.05, 0.1) is 19.3 Å². The molecular weight excluding hydrogens is 470 g/mol. The Balaban J connectivity index is 1.40. The minimum Gasteiger partial charge on any atom is -0.598 e. The van der Waals surface area contributed by atoms with Crippen LogP contribution in [0.25, 0.3) is 11.2 Å². The van der Waals surface area contributed by atoms with Crippen LogP contribution in [0.1, 0.15) is 50.8 Å². The van der Waals surface area contributed by atoms with Gasteiger partial charge in [0.15, 0.2) is 5.65 Å². The summed E-state index contributed by atoms with van der Waals surface area (Å²) in [6.45, 7) is 7.74. The molecule has 0 saturated carbocycles. The summed E-state index contributed by atoms with van der Waals surface area (Å²) < 4.78 is 21.8. The number of fused-ring (bicyclic) bond motifs is 2. The Bertz CT molecular complexity index is 1210. The average Bonchev–Trinajstić information content (AvgIpc) is 3.10. The molecule has 7 nitrogen and oxygen atoms in total. The van der Waals surface area contributed by atoms with Crippen molar-refractivity contribution in [1.29, 1.82) is 0 Å². The molecule has 3 aromatic rings. The van der Waals surface area contributed by atoms with E-state index in [0.717, 1.165) is 49.4 Å². The van der Waals surface area contributed by atoms with Crippen LogP contribution in [0, 0.1) is 5.41 Å². The van der Waals surface area contributed by atoms with Gasteiger partial charge in [-0.15, -0.1) is 4.72 Å². The molecule has 2 aliphatic rings. The molecule has 180 valence electrons. The summed E-state index contributed by atoms with van der Waals surface area (Å²) in [5.41, 5.74) is 3.80. The molecule has 3 heterocycles. The second-order valence-electron chi connectivity index (χ2n) is 10.2. The van der Waals surface area contributed by atoms with E-state index in [1.54, 1.807) is 19.4 Å². The van der Waals surface area contributed by atoms with E-state index in [1.165, 1.54) is 11.1 Å². The Hall–Kier alpha value is -2.13. The maximum atomic E-state index is 13.1. The summed E-state index contributed by atoms with van der Waals surface area (Å²) in [5, 5.41) is 0.415. The van der Waals surface area contributed by atoms with Gasteiger partial charge in [-0.25, -0.2) is 15.0 Å². The van der Waals surface area contributed by atoms with Crippen LogP contribution in [-0.2, 0) is 17.8 Å². The highest BCUT2D eigenvalue weighted by Crippen LogP contribution is 2.53. The van der Waals surface area contributed by atoms with Crippen molar-refractivity contribution < 1.29 is 9.29 Å². The molecule has 1 saturated heterocycles. The summed E-state index contributed by atoms with van der Waals surface area (Å²) in [7, 11) is 1.70. The molecule has 1 fully saturated rings. The first-order valence-electron chi connectivity index (χ1n) is 11.6. The lowest BCUT2D eigenvalue weighted by molar-refractivity contribution is 0.176. The Morgan fingerprint density at radius 2 is 1.94 bits per heavy atom. The number of methoxy groups -OCH3 is 1. The average molecular weight is 500 g/mol. The minimum atomic E-state index is -1.17. The maximum Gasteiger partial charge on any atom is 0.179 e. The predicted molar refractivity (Wildman–Crippen MR) is 137 cm³/mol. The van der Waals surface area contributed by atoms with Crippen molar-refractivity contribution in [3.63, 3.8) is 0 Å². The number of anilines is 1. The molecule has 2 atom stereocenters. The van der Waals surface area contributed by atoms with Gasteiger partial charge in [0, 0.05) is 29.9 Å². The van der Waals surface area contributed by atoms with E-state index in [-0.39, 0.29) is 16.2 Å². The lowest BCUT2D eigenvalue weighted by Gasteiger charge is -2.44. The van der Waals surface area contributed by atoms with Crippen LogP contribution in [0.5, 0.6) is 5.75 Å². The topological polar surface area (TPSA) is 86.2 Å². The normalized spacial score (nSPS) is 20.5. The number of ether oxygens (including phenoxy) is 1. The first-order valence-corrected chi connectivity index (χ1v) is 13.1. The number of hydrogen-bond acceptors (Lipinski definition) is 7. The van der Waals surface area contributed by atoms with Crippen LogP contribution in [0.15, 0.2) is 36.5 Å². The Kier molecular flexibility index (Phi) is 6.13. The number of pyridine rings is 1. The van der Waals surface area contributed by atoms with Crippen molar-refractivity contribution in [2.45, 2.75) is 50.8 Å². The zero-order chi connectivity index (χ0) is 24.1. The van der Waals surface area contributed by atoms with Gasteiger partial charge in [0.1, 0.15) is 27.0 Å². The molecular formula is C25H30ClN5O2S. The van der Waals surface area contributed by atoms with Gasteiger partial charge in [-0.2, -0.15) is 0 Å². The second-order valence-corrected chi connectivity index (χ2v) is 12.6. The monoisotopic (exact) mass is 499 g/mol. The van der Waals surface area contributed by atoms with Gasteiger partial charge < -0.3 is 14.2 Å². The van der Waals surface area contributed by atoms with E-state index in [0.29, 0.717) is 10.8 Å². The number of halogens is 1. The zero-order valence-corrected chi connectivity index (χ0v) is 21.5. The van der Waals surface area contributed by atoms with Crippen molar-refractivity contribution in [1.82, 2.24) is 19.7 Å². The highest BCUT2D eigenvalue weighted by molar-refractivity contribution is 7.90. The first-order chi connectivity index (χ1) is 16.2. The number of benzene rings is 1. The van der Waals surface area contributed by atoms with E-state index < -0.39 is 11.4 Å². The molecule has 2 aromatic heterocycles. The third kappa shape index (κ3) is 4.33. The first kappa shape index (κ1) is 23.6. The fraction of sp³-hybridized carbons (Fsp3) is 0.480. The number of rotatable bonds is 4. The van der Waals surface area contributed by atoms with Gasteiger partial charge in [-0.1, -0.05) is 17.7 Å². The quantitative estimate of drug-likeness (QED) is 0.414. The van der Waals surface area contributed by atoms with Crippen LogP contribution >= 0.6 is 11.6 Å². The number of piperidine rings is 1. The van der Waals surface area contributed by atoms with Crippen molar-refractivity contribution >= 4 is 39.9 Å². The Morgan fingerprint density at radius 3 is 2.65 bits per heavy atom. The molecule has 1 N–H and O–H groups in total. The van der Waals surface area contributed by atoms with Crippen LogP contribution in [-0.4, -0.2) is 44.5 Å². The molecule has 9 heteroatoms. The molecule has 1 unspecified atom stereocenters. The number of aromatic nitrogens is 3. The summed E-state index contributed by atoms with van der Waals surface area (Å²) in [6, 6.07) is 9.91. The number of nitrogens with one attached hydrogen (secondary N) is 1. The highest BCUT2D eigenvalue weighted by atomic mass is 35.5. The predicted octanol–water partition coefficient (Wildman–Crippen LogP) is 4.62. The van der Waals surface area contributed by atoms with E-state index >= 15 is 0 Å². The summed E-state index contributed by atoms with van der Waals surface area (Å²) >= 11 is 4.82. The summed E-state index contributed by atoms with van der Waals surface area (Å²) in [4.78, 5) is 15.8. The van der Waals surface area contributed by atoms with E-state index in [2.05, 4.69) is 31.7 Å². The SMILES string of the molecule is COc1ccc2c(c1)CC1(CCN(c3cnc4nc(Cl)ccc4n3)CC1)[C@@H]2N[S+]([O-])C(C)(C)C. The van der Waals surface area contributed by atoms with Crippen LogP contribution in [0.4, 0.5) is 5.82 Å². The van der Waals surface area contributed by atoms with E-state index in [9.17, 15) is 4.55 Å². The van der Waals surface area contributed by atoms with Gasteiger partial charge in [0.2, 0.25) is 0 Å². The lowest BCUT2D eigenvalue weighted by Crippen LogP contribution is -2.49.